The molecule has 0 bridgehead atoms. The van der Waals surface area contributed by atoms with Gasteiger partial charge in [-0.1, -0.05) is 54.6 Å². The van der Waals surface area contributed by atoms with Crippen molar-refractivity contribution in [1.29, 1.82) is 0 Å². The minimum atomic E-state index is 0. The Hall–Kier alpha value is -1.78. The number of rotatable bonds is 4. The molecule has 1 heterocycles. The lowest BCUT2D eigenvalue weighted by molar-refractivity contribution is 0.119. The quantitative estimate of drug-likeness (QED) is 0.627. The molecule has 1 aliphatic rings. The SMILES string of the molecule is COc1cccc(CN2CCNC(C)C2c2cccc3ccccc23)c1.Cl.Cl. The maximum Gasteiger partial charge on any atom is 0.119 e. The van der Waals surface area contributed by atoms with Crippen LogP contribution < -0.4 is 10.1 Å². The molecule has 150 valence electrons. The standard InChI is InChI=1S/C23H26N2O.2ClH/c1-17-23(22-12-6-9-19-8-3-4-11-21(19)22)25(14-13-24-17)16-18-7-5-10-20(15-18)26-2;;/h3-12,15,17,23-24H,13-14,16H2,1-2H3;2*1H. The van der Waals surface area contributed by atoms with Crippen LogP contribution in [0.15, 0.2) is 66.7 Å². The summed E-state index contributed by atoms with van der Waals surface area (Å²) in [5.74, 6) is 0.924. The molecule has 3 nitrogen and oxygen atoms in total. The average molecular weight is 419 g/mol. The highest BCUT2D eigenvalue weighted by Crippen LogP contribution is 2.33. The van der Waals surface area contributed by atoms with Crippen LogP contribution in [0.3, 0.4) is 0 Å². The normalized spacial score (nSPS) is 19.5. The first-order valence-corrected chi connectivity index (χ1v) is 9.34. The van der Waals surface area contributed by atoms with Gasteiger partial charge in [0.1, 0.15) is 5.75 Å². The molecule has 0 saturated carbocycles. The van der Waals surface area contributed by atoms with E-state index in [9.17, 15) is 0 Å². The first-order chi connectivity index (χ1) is 12.8. The van der Waals surface area contributed by atoms with Crippen molar-refractivity contribution in [2.24, 2.45) is 0 Å². The van der Waals surface area contributed by atoms with Crippen molar-refractivity contribution in [3.63, 3.8) is 0 Å². The number of fused-ring (bicyclic) bond motifs is 1. The third-order valence-electron chi connectivity index (χ3n) is 5.39. The summed E-state index contributed by atoms with van der Waals surface area (Å²) in [6.07, 6.45) is 0. The first kappa shape index (κ1) is 22.5. The molecule has 1 saturated heterocycles. The average Bonchev–Trinajstić information content (AvgIpc) is 2.68. The van der Waals surface area contributed by atoms with E-state index in [1.54, 1.807) is 7.11 Å². The predicted molar refractivity (Wildman–Crippen MR) is 122 cm³/mol. The number of ether oxygens (including phenoxy) is 1. The van der Waals surface area contributed by atoms with Crippen molar-refractivity contribution in [3.8, 4) is 5.75 Å². The number of piperazine rings is 1. The van der Waals surface area contributed by atoms with E-state index in [0.29, 0.717) is 12.1 Å². The van der Waals surface area contributed by atoms with E-state index >= 15 is 0 Å². The molecule has 0 aliphatic carbocycles. The summed E-state index contributed by atoms with van der Waals surface area (Å²) in [6.45, 7) is 5.28. The summed E-state index contributed by atoms with van der Waals surface area (Å²) in [4.78, 5) is 2.59. The van der Waals surface area contributed by atoms with Crippen molar-refractivity contribution < 1.29 is 4.74 Å². The van der Waals surface area contributed by atoms with Crippen LogP contribution in [-0.4, -0.2) is 31.1 Å². The third kappa shape index (κ3) is 4.61. The van der Waals surface area contributed by atoms with E-state index in [4.69, 9.17) is 4.74 Å². The van der Waals surface area contributed by atoms with E-state index in [-0.39, 0.29) is 24.8 Å². The van der Waals surface area contributed by atoms with E-state index in [1.807, 2.05) is 6.07 Å². The Bertz CT molecular complexity index is 897. The smallest absolute Gasteiger partial charge is 0.119 e. The largest absolute Gasteiger partial charge is 0.497 e. The minimum Gasteiger partial charge on any atom is -0.497 e. The summed E-state index contributed by atoms with van der Waals surface area (Å²) in [6, 6.07) is 24.5. The second-order valence-corrected chi connectivity index (χ2v) is 7.08. The predicted octanol–water partition coefficient (Wildman–Crippen LogP) is 5.23. The fourth-order valence-electron chi connectivity index (χ4n) is 4.16. The van der Waals surface area contributed by atoms with Crippen LogP contribution in [0.1, 0.15) is 24.1 Å². The molecule has 2 unspecified atom stereocenters. The Morgan fingerprint density at radius 2 is 1.75 bits per heavy atom. The van der Waals surface area contributed by atoms with Gasteiger partial charge < -0.3 is 10.1 Å². The van der Waals surface area contributed by atoms with Gasteiger partial charge in [0.25, 0.3) is 0 Å². The number of nitrogens with zero attached hydrogens (tertiary/aromatic N) is 1. The molecule has 1 aliphatic heterocycles. The Morgan fingerprint density at radius 3 is 2.57 bits per heavy atom. The van der Waals surface area contributed by atoms with Gasteiger partial charge in [-0.3, -0.25) is 4.90 Å². The van der Waals surface area contributed by atoms with E-state index < -0.39 is 0 Å². The number of benzene rings is 3. The Kier molecular flexibility index (Phi) is 8.14. The highest BCUT2D eigenvalue weighted by atomic mass is 35.5. The summed E-state index contributed by atoms with van der Waals surface area (Å²) in [5.41, 5.74) is 2.70. The number of halogens is 2. The fourth-order valence-corrected chi connectivity index (χ4v) is 4.16. The van der Waals surface area contributed by atoms with E-state index in [1.165, 1.54) is 21.9 Å². The van der Waals surface area contributed by atoms with Gasteiger partial charge in [-0.2, -0.15) is 0 Å². The van der Waals surface area contributed by atoms with Crippen molar-refractivity contribution in [1.82, 2.24) is 10.2 Å². The molecule has 3 aromatic rings. The maximum atomic E-state index is 5.40. The molecule has 5 heteroatoms. The van der Waals surface area contributed by atoms with E-state index in [0.717, 1.165) is 25.4 Å². The lowest BCUT2D eigenvalue weighted by Crippen LogP contribution is -2.51. The molecular weight excluding hydrogens is 391 g/mol. The van der Waals surface area contributed by atoms with Gasteiger partial charge in [0, 0.05) is 25.7 Å². The van der Waals surface area contributed by atoms with Crippen LogP contribution in [0, 0.1) is 0 Å². The zero-order valence-corrected chi connectivity index (χ0v) is 17.9. The summed E-state index contributed by atoms with van der Waals surface area (Å²) in [5, 5.41) is 6.33. The topological polar surface area (TPSA) is 24.5 Å². The number of hydrogen-bond donors (Lipinski definition) is 1. The van der Waals surface area contributed by atoms with E-state index in [2.05, 4.69) is 77.8 Å². The summed E-state index contributed by atoms with van der Waals surface area (Å²) < 4.78 is 5.40. The third-order valence-corrected chi connectivity index (χ3v) is 5.39. The highest BCUT2D eigenvalue weighted by molar-refractivity contribution is 5.86. The van der Waals surface area contributed by atoms with Crippen molar-refractivity contribution in [2.45, 2.75) is 25.6 Å². The molecule has 1 fully saturated rings. The van der Waals surface area contributed by atoms with Crippen LogP contribution in [0.4, 0.5) is 0 Å². The van der Waals surface area contributed by atoms with Crippen LogP contribution in [0.25, 0.3) is 10.8 Å². The molecule has 0 amide bonds. The highest BCUT2D eigenvalue weighted by Gasteiger charge is 2.30. The van der Waals surface area contributed by atoms with Gasteiger partial charge in [-0.15, -0.1) is 24.8 Å². The second-order valence-electron chi connectivity index (χ2n) is 7.08. The Labute approximate surface area is 179 Å². The lowest BCUT2D eigenvalue weighted by Gasteiger charge is -2.41. The Balaban J connectivity index is 0.00000140. The van der Waals surface area contributed by atoms with Gasteiger partial charge in [0.2, 0.25) is 0 Å². The summed E-state index contributed by atoms with van der Waals surface area (Å²) in [7, 11) is 1.73. The minimum absolute atomic E-state index is 0. The zero-order chi connectivity index (χ0) is 17.9. The van der Waals surface area contributed by atoms with Crippen LogP contribution >= 0.6 is 24.8 Å². The zero-order valence-electron chi connectivity index (χ0n) is 16.3. The first-order valence-electron chi connectivity index (χ1n) is 9.34. The molecule has 0 radical (unpaired) electrons. The van der Waals surface area contributed by atoms with Gasteiger partial charge in [-0.05, 0) is 41.0 Å². The van der Waals surface area contributed by atoms with Crippen LogP contribution in [0.5, 0.6) is 5.75 Å². The molecule has 2 atom stereocenters. The van der Waals surface area contributed by atoms with Crippen LogP contribution in [0.2, 0.25) is 0 Å². The number of hydrogen-bond acceptors (Lipinski definition) is 3. The monoisotopic (exact) mass is 418 g/mol. The van der Waals surface area contributed by atoms with Crippen molar-refractivity contribution >= 4 is 35.6 Å². The van der Waals surface area contributed by atoms with Gasteiger partial charge in [-0.25, -0.2) is 0 Å². The molecule has 4 rings (SSSR count). The summed E-state index contributed by atoms with van der Waals surface area (Å²) >= 11 is 0. The lowest BCUT2D eigenvalue weighted by atomic mass is 9.91. The molecule has 3 aromatic carbocycles. The molecule has 1 N–H and O–H groups in total. The molecule has 0 spiro atoms. The molecule has 28 heavy (non-hydrogen) atoms. The number of methoxy groups -OCH3 is 1. The van der Waals surface area contributed by atoms with Gasteiger partial charge in [0.15, 0.2) is 0 Å². The van der Waals surface area contributed by atoms with Gasteiger partial charge >= 0.3 is 0 Å². The fraction of sp³-hybridized carbons (Fsp3) is 0.304. The Morgan fingerprint density at radius 1 is 1.00 bits per heavy atom. The molecule has 0 aromatic heterocycles. The maximum absolute atomic E-state index is 5.40. The second kappa shape index (κ2) is 10.1. The van der Waals surface area contributed by atoms with Crippen molar-refractivity contribution in [2.75, 3.05) is 20.2 Å². The van der Waals surface area contributed by atoms with Crippen molar-refractivity contribution in [3.05, 3.63) is 77.9 Å². The number of nitrogens with one attached hydrogen (secondary N) is 1. The van der Waals surface area contributed by atoms with Crippen LogP contribution in [-0.2, 0) is 6.54 Å². The molecular formula is C23H28Cl2N2O. The van der Waals surface area contributed by atoms with Gasteiger partial charge in [0.05, 0.1) is 13.2 Å².